The minimum absolute atomic E-state index is 0.148. The summed E-state index contributed by atoms with van der Waals surface area (Å²) < 4.78 is 0. The van der Waals surface area contributed by atoms with E-state index in [-0.39, 0.29) is 12.1 Å². The zero-order chi connectivity index (χ0) is 13.1. The predicted octanol–water partition coefficient (Wildman–Crippen LogP) is 1.44. The van der Waals surface area contributed by atoms with Crippen molar-refractivity contribution in [2.24, 2.45) is 5.73 Å². The molecule has 0 saturated carbocycles. The number of rotatable bonds is 3. The molecule has 0 aliphatic carbocycles. The van der Waals surface area contributed by atoms with Crippen molar-refractivity contribution < 1.29 is 0 Å². The van der Waals surface area contributed by atoms with Crippen LogP contribution in [0.3, 0.4) is 0 Å². The lowest BCUT2D eigenvalue weighted by atomic mass is 10.0. The van der Waals surface area contributed by atoms with Crippen LogP contribution in [0.4, 0.5) is 0 Å². The van der Waals surface area contributed by atoms with Crippen LogP contribution >= 0.6 is 0 Å². The quantitative estimate of drug-likeness (QED) is 0.856. The summed E-state index contributed by atoms with van der Waals surface area (Å²) in [7, 11) is 0. The van der Waals surface area contributed by atoms with Gasteiger partial charge in [0, 0.05) is 19.0 Å². The highest BCUT2D eigenvalue weighted by Crippen LogP contribution is 2.11. The first-order valence-corrected chi connectivity index (χ1v) is 5.93. The van der Waals surface area contributed by atoms with E-state index in [2.05, 4.69) is 42.0 Å². The zero-order valence-corrected chi connectivity index (χ0v) is 10.7. The van der Waals surface area contributed by atoms with Gasteiger partial charge in [0.1, 0.15) is 5.82 Å². The Balaban J connectivity index is 2.33. The number of aromatic amines is 1. The maximum Gasteiger partial charge on any atom is 0.251 e. The van der Waals surface area contributed by atoms with Gasteiger partial charge in [0.25, 0.3) is 5.56 Å². The molecule has 0 saturated heterocycles. The van der Waals surface area contributed by atoms with Gasteiger partial charge in [-0.1, -0.05) is 29.3 Å². The lowest BCUT2D eigenvalue weighted by Crippen LogP contribution is -2.15. The second kappa shape index (κ2) is 5.14. The number of hydrogen-bond donors (Lipinski definition) is 2. The summed E-state index contributed by atoms with van der Waals surface area (Å²) in [4.78, 5) is 18.5. The molecule has 1 aromatic heterocycles. The summed E-state index contributed by atoms with van der Waals surface area (Å²) in [5.74, 6) is 0.660. The average Bonchev–Trinajstić information content (AvgIpc) is 2.26. The van der Waals surface area contributed by atoms with Crippen molar-refractivity contribution >= 4 is 0 Å². The molecule has 3 N–H and O–H groups in total. The number of benzene rings is 1. The van der Waals surface area contributed by atoms with Gasteiger partial charge in [0.05, 0.1) is 5.69 Å². The summed E-state index contributed by atoms with van der Waals surface area (Å²) in [6.07, 6.45) is 0.617. The Hall–Kier alpha value is -1.94. The summed E-state index contributed by atoms with van der Waals surface area (Å²) in [6, 6.07) is 7.76. The molecule has 0 aliphatic heterocycles. The Kier molecular flexibility index (Phi) is 3.58. The second-order valence-electron chi connectivity index (χ2n) is 4.56. The van der Waals surface area contributed by atoms with Gasteiger partial charge in [-0.2, -0.15) is 0 Å². The lowest BCUT2D eigenvalue weighted by molar-refractivity contribution is 0.874. The molecule has 2 rings (SSSR count). The van der Waals surface area contributed by atoms with Crippen molar-refractivity contribution in [3.63, 3.8) is 0 Å². The average molecular weight is 243 g/mol. The van der Waals surface area contributed by atoms with Crippen molar-refractivity contribution in [2.75, 3.05) is 0 Å². The maximum absolute atomic E-state index is 11.4. The van der Waals surface area contributed by atoms with E-state index in [0.29, 0.717) is 17.9 Å². The molecule has 94 valence electrons. The van der Waals surface area contributed by atoms with Crippen LogP contribution < -0.4 is 11.3 Å². The first-order valence-electron chi connectivity index (χ1n) is 5.93. The Bertz CT molecular complexity index is 596. The van der Waals surface area contributed by atoms with Crippen LogP contribution in [0.15, 0.2) is 29.1 Å². The highest BCUT2D eigenvalue weighted by atomic mass is 16.1. The Labute approximate surface area is 106 Å². The van der Waals surface area contributed by atoms with Gasteiger partial charge >= 0.3 is 0 Å². The van der Waals surface area contributed by atoms with Gasteiger partial charge in [0.2, 0.25) is 0 Å². The number of nitrogens with zero attached hydrogens (tertiary/aromatic N) is 1. The number of aromatic nitrogens is 2. The highest BCUT2D eigenvalue weighted by Gasteiger charge is 2.03. The molecular weight excluding hydrogens is 226 g/mol. The van der Waals surface area contributed by atoms with Crippen LogP contribution in [0.25, 0.3) is 0 Å². The van der Waals surface area contributed by atoms with E-state index in [1.54, 1.807) is 0 Å². The van der Waals surface area contributed by atoms with Gasteiger partial charge in [-0.15, -0.1) is 0 Å². The zero-order valence-electron chi connectivity index (χ0n) is 10.7. The third kappa shape index (κ3) is 3.05. The lowest BCUT2D eigenvalue weighted by Gasteiger charge is -2.05. The highest BCUT2D eigenvalue weighted by molar-refractivity contribution is 5.30. The van der Waals surface area contributed by atoms with Crippen molar-refractivity contribution in [3.05, 3.63) is 62.8 Å². The van der Waals surface area contributed by atoms with Gasteiger partial charge in [-0.25, -0.2) is 4.98 Å². The van der Waals surface area contributed by atoms with Crippen LogP contribution in [0.5, 0.6) is 0 Å². The minimum Gasteiger partial charge on any atom is -0.325 e. The molecule has 0 spiro atoms. The van der Waals surface area contributed by atoms with Crippen LogP contribution in [0, 0.1) is 13.8 Å². The van der Waals surface area contributed by atoms with Crippen molar-refractivity contribution in [2.45, 2.75) is 26.8 Å². The van der Waals surface area contributed by atoms with E-state index in [1.807, 2.05) is 0 Å². The standard InChI is InChI=1S/C14H17N3O/c1-9-3-10(2)5-11(4-9)6-13-16-12(8-15)7-14(18)17-13/h3-5,7H,6,8,15H2,1-2H3,(H,16,17,18). The first kappa shape index (κ1) is 12.5. The molecule has 1 aromatic carbocycles. The van der Waals surface area contributed by atoms with Crippen molar-refractivity contribution in [3.8, 4) is 0 Å². The summed E-state index contributed by atoms with van der Waals surface area (Å²) >= 11 is 0. The van der Waals surface area contributed by atoms with E-state index >= 15 is 0 Å². The van der Waals surface area contributed by atoms with Gasteiger partial charge in [-0.3, -0.25) is 4.79 Å². The third-order valence-corrected chi connectivity index (χ3v) is 2.71. The Morgan fingerprint density at radius 2 is 1.83 bits per heavy atom. The molecular formula is C14H17N3O. The topological polar surface area (TPSA) is 71.8 Å². The van der Waals surface area contributed by atoms with Crippen LogP contribution in [0.2, 0.25) is 0 Å². The molecule has 1 heterocycles. The van der Waals surface area contributed by atoms with Crippen LogP contribution in [0.1, 0.15) is 28.2 Å². The summed E-state index contributed by atoms with van der Waals surface area (Å²) in [6.45, 7) is 4.40. The smallest absolute Gasteiger partial charge is 0.251 e. The fraction of sp³-hybridized carbons (Fsp3) is 0.286. The Morgan fingerprint density at radius 1 is 1.17 bits per heavy atom. The number of hydrogen-bond acceptors (Lipinski definition) is 3. The van der Waals surface area contributed by atoms with E-state index < -0.39 is 0 Å². The first-order chi connectivity index (χ1) is 8.56. The normalized spacial score (nSPS) is 10.6. The van der Waals surface area contributed by atoms with Crippen LogP contribution in [-0.4, -0.2) is 9.97 Å². The molecule has 0 fully saturated rings. The molecule has 0 unspecified atom stereocenters. The van der Waals surface area contributed by atoms with Crippen molar-refractivity contribution in [1.29, 1.82) is 0 Å². The summed E-state index contributed by atoms with van der Waals surface area (Å²) in [5, 5.41) is 0. The molecule has 4 heteroatoms. The molecule has 4 nitrogen and oxygen atoms in total. The second-order valence-corrected chi connectivity index (χ2v) is 4.56. The largest absolute Gasteiger partial charge is 0.325 e. The minimum atomic E-state index is -0.148. The van der Waals surface area contributed by atoms with E-state index in [4.69, 9.17) is 5.73 Å². The fourth-order valence-electron chi connectivity index (χ4n) is 2.12. The summed E-state index contributed by atoms with van der Waals surface area (Å²) in [5.41, 5.74) is 9.55. The van der Waals surface area contributed by atoms with E-state index in [1.165, 1.54) is 17.2 Å². The van der Waals surface area contributed by atoms with Gasteiger partial charge < -0.3 is 10.7 Å². The molecule has 2 aromatic rings. The SMILES string of the molecule is Cc1cc(C)cc(Cc2nc(CN)cc(=O)[nH]2)c1. The molecule has 0 atom stereocenters. The number of nitrogens with two attached hydrogens (primary N) is 1. The predicted molar refractivity (Wildman–Crippen MR) is 71.5 cm³/mol. The number of H-pyrrole nitrogens is 1. The van der Waals surface area contributed by atoms with E-state index in [9.17, 15) is 4.79 Å². The van der Waals surface area contributed by atoms with E-state index in [0.717, 1.165) is 5.56 Å². The maximum atomic E-state index is 11.4. The molecule has 18 heavy (non-hydrogen) atoms. The third-order valence-electron chi connectivity index (χ3n) is 2.71. The molecule has 0 amide bonds. The number of nitrogens with one attached hydrogen (secondary N) is 1. The Morgan fingerprint density at radius 3 is 2.44 bits per heavy atom. The van der Waals surface area contributed by atoms with Gasteiger partial charge in [-0.05, 0) is 19.4 Å². The monoisotopic (exact) mass is 243 g/mol. The molecule has 0 bridgehead atoms. The molecule has 0 aliphatic rings. The molecule has 0 radical (unpaired) electrons. The van der Waals surface area contributed by atoms with Gasteiger partial charge in [0.15, 0.2) is 0 Å². The van der Waals surface area contributed by atoms with Crippen molar-refractivity contribution in [1.82, 2.24) is 9.97 Å². The fourth-order valence-corrected chi connectivity index (χ4v) is 2.12. The van der Waals surface area contributed by atoms with Crippen LogP contribution in [-0.2, 0) is 13.0 Å². The number of aryl methyl sites for hydroxylation is 2.